The van der Waals surface area contributed by atoms with Gasteiger partial charge in [0.15, 0.2) is 6.29 Å². The zero-order valence-electron chi connectivity index (χ0n) is 8.87. The number of hydrogen-bond acceptors (Lipinski definition) is 4. The molecule has 1 saturated heterocycles. The molecule has 0 aromatic carbocycles. The number of rotatable bonds is 3. The van der Waals surface area contributed by atoms with Crippen molar-refractivity contribution >= 4 is 16.1 Å². The second kappa shape index (κ2) is 4.37. The fourth-order valence-electron chi connectivity index (χ4n) is 1.93. The molecular formula is C10H14N2O3S. The molecule has 0 spiro atoms. The third-order valence-corrected chi connectivity index (χ3v) is 4.62. The van der Waals surface area contributed by atoms with E-state index in [-0.39, 0.29) is 11.5 Å². The topological polar surface area (TPSA) is 69.0 Å². The number of sulfone groups is 1. The first kappa shape index (κ1) is 11.3. The molecule has 1 fully saturated rings. The Bertz CT molecular complexity index is 464. The third kappa shape index (κ3) is 2.69. The van der Waals surface area contributed by atoms with E-state index < -0.39 is 9.84 Å². The monoisotopic (exact) mass is 242 g/mol. The molecule has 1 aromatic heterocycles. The Hall–Kier alpha value is -1.17. The fourth-order valence-corrected chi connectivity index (χ4v) is 3.52. The SMILES string of the molecule is O=Cc1cnn(CC2CCS(=O)(=O)CC2)c1. The van der Waals surface area contributed by atoms with Crippen LogP contribution in [0.25, 0.3) is 0 Å². The van der Waals surface area contributed by atoms with Crippen molar-refractivity contribution < 1.29 is 13.2 Å². The molecule has 0 aliphatic carbocycles. The van der Waals surface area contributed by atoms with Gasteiger partial charge in [0.05, 0.1) is 23.3 Å². The molecule has 6 heteroatoms. The summed E-state index contributed by atoms with van der Waals surface area (Å²) in [7, 11) is -2.79. The predicted octanol–water partition coefficient (Wildman–Crippen LogP) is 0.520. The lowest BCUT2D eigenvalue weighted by Gasteiger charge is -2.21. The lowest BCUT2D eigenvalue weighted by atomic mass is 10.0. The van der Waals surface area contributed by atoms with Crippen LogP contribution in [0.3, 0.4) is 0 Å². The van der Waals surface area contributed by atoms with Gasteiger partial charge in [-0.3, -0.25) is 9.48 Å². The predicted molar refractivity (Wildman–Crippen MR) is 59.0 cm³/mol. The van der Waals surface area contributed by atoms with E-state index in [4.69, 9.17) is 0 Å². The Kier molecular flexibility index (Phi) is 3.09. The third-order valence-electron chi connectivity index (χ3n) is 2.91. The van der Waals surface area contributed by atoms with Gasteiger partial charge in [-0.1, -0.05) is 0 Å². The summed E-state index contributed by atoms with van der Waals surface area (Å²) < 4.78 is 24.2. The molecule has 1 aromatic rings. The van der Waals surface area contributed by atoms with Crippen molar-refractivity contribution in [2.24, 2.45) is 5.92 Å². The van der Waals surface area contributed by atoms with Gasteiger partial charge < -0.3 is 0 Å². The normalized spacial score (nSPS) is 20.8. The van der Waals surface area contributed by atoms with Gasteiger partial charge in [-0.25, -0.2) is 8.42 Å². The van der Waals surface area contributed by atoms with Crippen molar-refractivity contribution in [3.05, 3.63) is 18.0 Å². The van der Waals surface area contributed by atoms with Gasteiger partial charge in [-0.05, 0) is 18.8 Å². The molecule has 0 radical (unpaired) electrons. The van der Waals surface area contributed by atoms with Crippen LogP contribution in [0.4, 0.5) is 0 Å². The molecule has 1 aliphatic rings. The first-order chi connectivity index (χ1) is 7.59. The molecular weight excluding hydrogens is 228 g/mol. The maximum absolute atomic E-state index is 11.2. The van der Waals surface area contributed by atoms with Crippen LogP contribution in [0.2, 0.25) is 0 Å². The first-order valence-electron chi connectivity index (χ1n) is 5.27. The van der Waals surface area contributed by atoms with Crippen molar-refractivity contribution in [3.8, 4) is 0 Å². The van der Waals surface area contributed by atoms with E-state index >= 15 is 0 Å². The van der Waals surface area contributed by atoms with Crippen molar-refractivity contribution in [3.63, 3.8) is 0 Å². The quantitative estimate of drug-likeness (QED) is 0.725. The molecule has 1 aliphatic heterocycles. The van der Waals surface area contributed by atoms with Crippen molar-refractivity contribution in [1.82, 2.24) is 9.78 Å². The number of carbonyl (C=O) groups is 1. The summed E-state index contributed by atoms with van der Waals surface area (Å²) in [6.45, 7) is 0.698. The summed E-state index contributed by atoms with van der Waals surface area (Å²) >= 11 is 0. The standard InChI is InChI=1S/C10H14N2O3S/c13-8-10-5-11-12(7-10)6-9-1-3-16(14,15)4-2-9/h5,7-9H,1-4,6H2. The summed E-state index contributed by atoms with van der Waals surface area (Å²) in [6, 6.07) is 0. The summed E-state index contributed by atoms with van der Waals surface area (Å²) in [4.78, 5) is 10.5. The van der Waals surface area contributed by atoms with E-state index in [1.165, 1.54) is 6.20 Å². The van der Waals surface area contributed by atoms with E-state index in [2.05, 4.69) is 5.10 Å². The number of carbonyl (C=O) groups excluding carboxylic acids is 1. The number of aldehydes is 1. The number of nitrogens with zero attached hydrogens (tertiary/aromatic N) is 2. The Morgan fingerprint density at radius 1 is 1.44 bits per heavy atom. The van der Waals surface area contributed by atoms with E-state index in [0.29, 0.717) is 30.9 Å². The highest BCUT2D eigenvalue weighted by Crippen LogP contribution is 2.20. The van der Waals surface area contributed by atoms with E-state index in [1.54, 1.807) is 10.9 Å². The van der Waals surface area contributed by atoms with Gasteiger partial charge in [-0.2, -0.15) is 5.10 Å². The molecule has 0 unspecified atom stereocenters. The Labute approximate surface area is 94.4 Å². The Morgan fingerprint density at radius 3 is 2.69 bits per heavy atom. The first-order valence-corrected chi connectivity index (χ1v) is 7.09. The van der Waals surface area contributed by atoms with Gasteiger partial charge in [-0.15, -0.1) is 0 Å². The highest BCUT2D eigenvalue weighted by Gasteiger charge is 2.23. The molecule has 0 amide bonds. The van der Waals surface area contributed by atoms with Crippen LogP contribution in [0.15, 0.2) is 12.4 Å². The maximum Gasteiger partial charge on any atom is 0.153 e. The Balaban J connectivity index is 1.94. The van der Waals surface area contributed by atoms with Crippen LogP contribution in [-0.4, -0.2) is 36.0 Å². The van der Waals surface area contributed by atoms with Crippen LogP contribution < -0.4 is 0 Å². The molecule has 16 heavy (non-hydrogen) atoms. The molecule has 0 atom stereocenters. The molecule has 88 valence electrons. The molecule has 2 rings (SSSR count). The zero-order valence-corrected chi connectivity index (χ0v) is 9.69. The average Bonchev–Trinajstić information content (AvgIpc) is 2.69. The highest BCUT2D eigenvalue weighted by molar-refractivity contribution is 7.91. The van der Waals surface area contributed by atoms with Gasteiger partial charge >= 0.3 is 0 Å². The van der Waals surface area contributed by atoms with Gasteiger partial charge in [0.25, 0.3) is 0 Å². The van der Waals surface area contributed by atoms with E-state index in [1.807, 2.05) is 0 Å². The van der Waals surface area contributed by atoms with Crippen molar-refractivity contribution in [2.75, 3.05) is 11.5 Å². The fraction of sp³-hybridized carbons (Fsp3) is 0.600. The largest absolute Gasteiger partial charge is 0.298 e. The minimum atomic E-state index is -2.79. The summed E-state index contributed by atoms with van der Waals surface area (Å²) in [5, 5.41) is 4.05. The molecule has 5 nitrogen and oxygen atoms in total. The lowest BCUT2D eigenvalue weighted by molar-refractivity contribution is 0.112. The van der Waals surface area contributed by atoms with Gasteiger partial charge in [0.1, 0.15) is 9.84 Å². The Morgan fingerprint density at radius 2 is 2.12 bits per heavy atom. The number of aromatic nitrogens is 2. The van der Waals surface area contributed by atoms with Crippen LogP contribution in [-0.2, 0) is 16.4 Å². The summed E-state index contributed by atoms with van der Waals surface area (Å²) in [6.07, 6.45) is 5.36. The molecule has 0 N–H and O–H groups in total. The maximum atomic E-state index is 11.2. The second-order valence-electron chi connectivity index (χ2n) is 4.21. The van der Waals surface area contributed by atoms with Crippen molar-refractivity contribution in [1.29, 1.82) is 0 Å². The van der Waals surface area contributed by atoms with Crippen LogP contribution in [0.1, 0.15) is 23.2 Å². The van der Waals surface area contributed by atoms with Crippen LogP contribution >= 0.6 is 0 Å². The van der Waals surface area contributed by atoms with E-state index in [9.17, 15) is 13.2 Å². The molecule has 0 bridgehead atoms. The van der Waals surface area contributed by atoms with E-state index in [0.717, 1.165) is 6.29 Å². The van der Waals surface area contributed by atoms with Crippen molar-refractivity contribution in [2.45, 2.75) is 19.4 Å². The average molecular weight is 242 g/mol. The number of hydrogen-bond donors (Lipinski definition) is 0. The minimum Gasteiger partial charge on any atom is -0.298 e. The molecule has 0 saturated carbocycles. The second-order valence-corrected chi connectivity index (χ2v) is 6.51. The highest BCUT2D eigenvalue weighted by atomic mass is 32.2. The molecule has 2 heterocycles. The van der Waals surface area contributed by atoms with Crippen LogP contribution in [0, 0.1) is 5.92 Å². The van der Waals surface area contributed by atoms with Gasteiger partial charge in [0, 0.05) is 12.7 Å². The smallest absolute Gasteiger partial charge is 0.153 e. The summed E-state index contributed by atoms with van der Waals surface area (Å²) in [5.41, 5.74) is 0.559. The zero-order chi connectivity index (χ0) is 11.6. The summed E-state index contributed by atoms with van der Waals surface area (Å²) in [5.74, 6) is 0.904. The van der Waals surface area contributed by atoms with Gasteiger partial charge in [0.2, 0.25) is 0 Å². The lowest BCUT2D eigenvalue weighted by Crippen LogP contribution is -2.26. The van der Waals surface area contributed by atoms with Crippen LogP contribution in [0.5, 0.6) is 0 Å². The minimum absolute atomic E-state index is 0.277.